The van der Waals surface area contributed by atoms with Crippen molar-refractivity contribution >= 4 is 16.8 Å². The van der Waals surface area contributed by atoms with Gasteiger partial charge in [-0.05, 0) is 66.9 Å². The Bertz CT molecular complexity index is 1440. The Labute approximate surface area is 196 Å². The summed E-state index contributed by atoms with van der Waals surface area (Å²) in [6.07, 6.45) is 3.38. The van der Waals surface area contributed by atoms with Crippen molar-refractivity contribution in [2.24, 2.45) is 0 Å². The van der Waals surface area contributed by atoms with E-state index in [0.29, 0.717) is 41.9 Å². The van der Waals surface area contributed by atoms with Gasteiger partial charge in [0, 0.05) is 12.1 Å². The lowest BCUT2D eigenvalue weighted by Crippen LogP contribution is -2.30. The molecule has 1 saturated heterocycles. The number of nitrogens with zero attached hydrogens (tertiary/aromatic N) is 3. The number of fused-ring (bicyclic) bond motifs is 2. The van der Waals surface area contributed by atoms with Crippen molar-refractivity contribution in [3.63, 3.8) is 0 Å². The van der Waals surface area contributed by atoms with Crippen molar-refractivity contribution in [3.8, 4) is 17.2 Å². The number of hydrogen-bond donors (Lipinski definition) is 0. The highest BCUT2D eigenvalue weighted by Gasteiger charge is 2.31. The van der Waals surface area contributed by atoms with Crippen molar-refractivity contribution in [1.82, 2.24) is 14.5 Å². The molecule has 0 N–H and O–H groups in total. The largest absolute Gasteiger partial charge is 0.486 e. The van der Waals surface area contributed by atoms with Crippen LogP contribution in [0.5, 0.6) is 11.5 Å². The molecule has 34 heavy (non-hydrogen) atoms. The lowest BCUT2D eigenvalue weighted by atomic mass is 10.0. The number of amides is 1. The van der Waals surface area contributed by atoms with Crippen molar-refractivity contribution in [1.29, 1.82) is 0 Å². The zero-order chi connectivity index (χ0) is 23.1. The summed E-state index contributed by atoms with van der Waals surface area (Å²) in [7, 11) is 0. The van der Waals surface area contributed by atoms with Gasteiger partial charge in [0.2, 0.25) is 0 Å². The molecule has 1 amide bonds. The van der Waals surface area contributed by atoms with Gasteiger partial charge in [0.05, 0.1) is 22.6 Å². The second-order valence-corrected chi connectivity index (χ2v) is 8.54. The molecule has 3 heterocycles. The molecule has 1 fully saturated rings. The highest BCUT2D eigenvalue weighted by atomic mass is 16.6. The zero-order valence-electron chi connectivity index (χ0n) is 18.5. The maximum atomic E-state index is 13.4. The first-order valence-corrected chi connectivity index (χ1v) is 11.5. The van der Waals surface area contributed by atoms with Gasteiger partial charge in [0.15, 0.2) is 11.5 Å². The maximum Gasteiger partial charge on any atom is 0.265 e. The Kier molecular flexibility index (Phi) is 5.02. The van der Waals surface area contributed by atoms with Gasteiger partial charge in [-0.1, -0.05) is 18.2 Å². The summed E-state index contributed by atoms with van der Waals surface area (Å²) in [6.45, 7) is 1.79. The van der Waals surface area contributed by atoms with E-state index < -0.39 is 0 Å². The smallest absolute Gasteiger partial charge is 0.265 e. The zero-order valence-corrected chi connectivity index (χ0v) is 18.5. The third-order valence-corrected chi connectivity index (χ3v) is 6.52. The van der Waals surface area contributed by atoms with Gasteiger partial charge >= 0.3 is 0 Å². The topological polar surface area (TPSA) is 73.7 Å². The predicted octanol–water partition coefficient (Wildman–Crippen LogP) is 4.13. The van der Waals surface area contributed by atoms with E-state index in [-0.39, 0.29) is 17.5 Å². The van der Waals surface area contributed by atoms with Crippen LogP contribution in [0.15, 0.2) is 77.9 Å². The number of carbonyl (C=O) groups is 1. The quantitative estimate of drug-likeness (QED) is 0.466. The molecule has 3 aromatic carbocycles. The Morgan fingerprint density at radius 1 is 0.941 bits per heavy atom. The summed E-state index contributed by atoms with van der Waals surface area (Å²) in [5.74, 6) is 1.47. The van der Waals surface area contributed by atoms with Crippen LogP contribution >= 0.6 is 0 Å². The fourth-order valence-corrected chi connectivity index (χ4v) is 4.81. The van der Waals surface area contributed by atoms with Crippen molar-refractivity contribution < 1.29 is 14.3 Å². The summed E-state index contributed by atoms with van der Waals surface area (Å²) in [5.41, 5.74) is 2.85. The molecule has 0 radical (unpaired) electrons. The Balaban J connectivity index is 1.26. The second kappa shape index (κ2) is 8.33. The summed E-state index contributed by atoms with van der Waals surface area (Å²) in [4.78, 5) is 32.6. The number of aromatic nitrogens is 2. The number of ether oxygens (including phenoxy) is 2. The molecular weight excluding hydrogens is 430 g/mol. The third-order valence-electron chi connectivity index (χ3n) is 6.52. The molecule has 0 saturated carbocycles. The molecule has 7 nitrogen and oxygen atoms in total. The minimum atomic E-state index is -0.136. The van der Waals surface area contributed by atoms with Gasteiger partial charge in [0.1, 0.15) is 19.5 Å². The van der Waals surface area contributed by atoms with Crippen LogP contribution in [0.25, 0.3) is 16.6 Å². The van der Waals surface area contributed by atoms with Crippen molar-refractivity contribution in [2.45, 2.75) is 18.9 Å². The highest BCUT2D eigenvalue weighted by Crippen LogP contribution is 2.38. The SMILES string of the molecule is O=C(c1ccc(-n2cnc3ccccc3c2=O)cc1)N1CCCC1c1ccc2c(c1)OCCO2. The average Bonchev–Trinajstić information content (AvgIpc) is 3.39. The first kappa shape index (κ1) is 20.5. The summed E-state index contributed by atoms with van der Waals surface area (Å²) < 4.78 is 12.9. The summed E-state index contributed by atoms with van der Waals surface area (Å²) in [6, 6.07) is 20.3. The Morgan fingerprint density at radius 3 is 2.59 bits per heavy atom. The van der Waals surface area contributed by atoms with Crippen LogP contribution in [-0.2, 0) is 0 Å². The van der Waals surface area contributed by atoms with Crippen molar-refractivity contribution in [3.05, 3.63) is 94.5 Å². The molecule has 2 aliphatic heterocycles. The number of benzene rings is 3. The van der Waals surface area contributed by atoms with Gasteiger partial charge in [-0.25, -0.2) is 4.98 Å². The van der Waals surface area contributed by atoms with Crippen molar-refractivity contribution in [2.75, 3.05) is 19.8 Å². The van der Waals surface area contributed by atoms with E-state index in [1.54, 1.807) is 30.3 Å². The fourth-order valence-electron chi connectivity index (χ4n) is 4.81. The molecule has 1 aromatic heterocycles. The lowest BCUT2D eigenvalue weighted by molar-refractivity contribution is 0.0735. The fraction of sp³-hybridized carbons (Fsp3) is 0.222. The van der Waals surface area contributed by atoms with E-state index in [1.807, 2.05) is 41.3 Å². The van der Waals surface area contributed by atoms with E-state index >= 15 is 0 Å². The van der Waals surface area contributed by atoms with Crippen LogP contribution in [0.1, 0.15) is 34.8 Å². The van der Waals surface area contributed by atoms with Crippen LogP contribution in [0.3, 0.4) is 0 Å². The first-order valence-electron chi connectivity index (χ1n) is 11.5. The number of para-hydroxylation sites is 1. The first-order chi connectivity index (χ1) is 16.7. The number of rotatable bonds is 3. The van der Waals surface area contributed by atoms with E-state index in [2.05, 4.69) is 4.98 Å². The predicted molar refractivity (Wildman–Crippen MR) is 128 cm³/mol. The summed E-state index contributed by atoms with van der Waals surface area (Å²) >= 11 is 0. The molecule has 0 spiro atoms. The van der Waals surface area contributed by atoms with Crippen LogP contribution in [-0.4, -0.2) is 40.1 Å². The van der Waals surface area contributed by atoms with Crippen LogP contribution < -0.4 is 15.0 Å². The minimum absolute atomic E-state index is 0.00434. The standard InChI is InChI=1S/C27H23N3O4/c31-26(29-13-3-6-23(29)19-9-12-24-25(16-19)34-15-14-33-24)18-7-10-20(11-8-18)30-17-28-22-5-2-1-4-21(22)27(30)32/h1-2,4-5,7-12,16-17,23H,3,6,13-15H2. The van der Waals surface area contributed by atoms with Crippen LogP contribution in [0, 0.1) is 0 Å². The Morgan fingerprint density at radius 2 is 1.74 bits per heavy atom. The monoisotopic (exact) mass is 453 g/mol. The van der Waals surface area contributed by atoms with E-state index in [1.165, 1.54) is 10.9 Å². The molecule has 0 bridgehead atoms. The second-order valence-electron chi connectivity index (χ2n) is 8.54. The number of hydrogen-bond acceptors (Lipinski definition) is 5. The Hall–Kier alpha value is -4.13. The van der Waals surface area contributed by atoms with E-state index in [0.717, 1.165) is 29.9 Å². The lowest BCUT2D eigenvalue weighted by Gasteiger charge is -2.27. The number of likely N-dealkylation sites (tertiary alicyclic amines) is 1. The molecule has 7 heteroatoms. The van der Waals surface area contributed by atoms with Gasteiger partial charge in [-0.2, -0.15) is 0 Å². The molecule has 4 aromatic rings. The third kappa shape index (κ3) is 3.50. The average molecular weight is 453 g/mol. The molecule has 1 atom stereocenters. The molecule has 0 aliphatic carbocycles. The van der Waals surface area contributed by atoms with Gasteiger partial charge < -0.3 is 14.4 Å². The van der Waals surface area contributed by atoms with Crippen LogP contribution in [0.4, 0.5) is 0 Å². The summed E-state index contributed by atoms with van der Waals surface area (Å²) in [5, 5.41) is 0.560. The van der Waals surface area contributed by atoms with Gasteiger partial charge in [0.25, 0.3) is 11.5 Å². The molecule has 6 rings (SSSR count). The highest BCUT2D eigenvalue weighted by molar-refractivity contribution is 5.95. The molecular formula is C27H23N3O4. The molecule has 1 unspecified atom stereocenters. The van der Waals surface area contributed by atoms with Crippen LogP contribution in [0.2, 0.25) is 0 Å². The van der Waals surface area contributed by atoms with E-state index in [4.69, 9.17) is 9.47 Å². The molecule has 170 valence electrons. The number of carbonyl (C=O) groups excluding carboxylic acids is 1. The molecule has 2 aliphatic rings. The van der Waals surface area contributed by atoms with Gasteiger partial charge in [-0.15, -0.1) is 0 Å². The van der Waals surface area contributed by atoms with Gasteiger partial charge in [-0.3, -0.25) is 14.2 Å². The maximum absolute atomic E-state index is 13.4. The minimum Gasteiger partial charge on any atom is -0.486 e. The van der Waals surface area contributed by atoms with E-state index in [9.17, 15) is 9.59 Å². The normalized spacial score (nSPS) is 17.2.